The SMILES string of the molecule is CC(C)c1cc(F)cc2[nH]c(=O)[nH]c12. The molecule has 0 unspecified atom stereocenters. The van der Waals surface area contributed by atoms with E-state index in [9.17, 15) is 9.18 Å². The maximum absolute atomic E-state index is 13.1. The summed E-state index contributed by atoms with van der Waals surface area (Å²) in [6, 6.07) is 2.77. The third kappa shape index (κ3) is 1.32. The van der Waals surface area contributed by atoms with Crippen molar-refractivity contribution in [3.63, 3.8) is 0 Å². The van der Waals surface area contributed by atoms with Crippen molar-refractivity contribution in [2.45, 2.75) is 19.8 Å². The highest BCUT2D eigenvalue weighted by Crippen LogP contribution is 2.23. The summed E-state index contributed by atoms with van der Waals surface area (Å²) in [5.74, 6) is -0.142. The fourth-order valence-electron chi connectivity index (χ4n) is 1.59. The van der Waals surface area contributed by atoms with Gasteiger partial charge in [0.25, 0.3) is 0 Å². The molecule has 2 aromatic rings. The molecule has 0 aliphatic rings. The largest absolute Gasteiger partial charge is 0.323 e. The van der Waals surface area contributed by atoms with Gasteiger partial charge in [-0.1, -0.05) is 13.8 Å². The molecule has 0 atom stereocenters. The molecule has 1 aromatic carbocycles. The average molecular weight is 194 g/mol. The third-order valence-corrected chi connectivity index (χ3v) is 2.24. The number of aromatic nitrogens is 2. The van der Waals surface area contributed by atoms with Crippen LogP contribution in [0.2, 0.25) is 0 Å². The van der Waals surface area contributed by atoms with Crippen LogP contribution in [-0.2, 0) is 0 Å². The van der Waals surface area contributed by atoms with E-state index in [-0.39, 0.29) is 17.4 Å². The number of hydrogen-bond donors (Lipinski definition) is 2. The molecule has 2 N–H and O–H groups in total. The number of benzene rings is 1. The van der Waals surface area contributed by atoms with Crippen LogP contribution in [-0.4, -0.2) is 9.97 Å². The first-order valence-corrected chi connectivity index (χ1v) is 4.49. The molecule has 0 amide bonds. The van der Waals surface area contributed by atoms with Gasteiger partial charge in [-0.15, -0.1) is 0 Å². The second kappa shape index (κ2) is 2.97. The van der Waals surface area contributed by atoms with Gasteiger partial charge in [-0.3, -0.25) is 0 Å². The topological polar surface area (TPSA) is 48.6 Å². The van der Waals surface area contributed by atoms with Gasteiger partial charge in [0.2, 0.25) is 0 Å². The summed E-state index contributed by atoms with van der Waals surface area (Å²) in [5, 5.41) is 0. The van der Waals surface area contributed by atoms with E-state index in [1.807, 2.05) is 13.8 Å². The molecule has 0 spiro atoms. The van der Waals surface area contributed by atoms with Crippen molar-refractivity contribution in [1.29, 1.82) is 0 Å². The molecule has 1 aromatic heterocycles. The Kier molecular flexibility index (Phi) is 1.91. The minimum Gasteiger partial charge on any atom is -0.306 e. The lowest BCUT2D eigenvalue weighted by atomic mass is 10.0. The Labute approximate surface area is 80.0 Å². The van der Waals surface area contributed by atoms with E-state index >= 15 is 0 Å². The zero-order valence-electron chi connectivity index (χ0n) is 8.02. The van der Waals surface area contributed by atoms with Crippen molar-refractivity contribution < 1.29 is 4.39 Å². The fourth-order valence-corrected chi connectivity index (χ4v) is 1.59. The van der Waals surface area contributed by atoms with E-state index in [1.54, 1.807) is 0 Å². The van der Waals surface area contributed by atoms with Crippen molar-refractivity contribution in [1.82, 2.24) is 9.97 Å². The number of aromatic amines is 2. The molecule has 0 saturated carbocycles. The van der Waals surface area contributed by atoms with E-state index < -0.39 is 0 Å². The Balaban J connectivity index is 2.85. The standard InChI is InChI=1S/C10H11FN2O/c1-5(2)7-3-6(11)4-8-9(7)13-10(14)12-8/h3-5H,1-2H3,(H2,12,13,14). The number of halogens is 1. The van der Waals surface area contributed by atoms with Crippen LogP contribution in [0, 0.1) is 5.82 Å². The molecular formula is C10H11FN2O. The van der Waals surface area contributed by atoms with Crippen molar-refractivity contribution in [3.8, 4) is 0 Å². The van der Waals surface area contributed by atoms with Gasteiger partial charge in [-0.25, -0.2) is 9.18 Å². The van der Waals surface area contributed by atoms with Crippen molar-refractivity contribution in [2.24, 2.45) is 0 Å². The van der Waals surface area contributed by atoms with Crippen molar-refractivity contribution in [2.75, 3.05) is 0 Å². The predicted octanol–water partition coefficient (Wildman–Crippen LogP) is 2.12. The Morgan fingerprint density at radius 2 is 2.00 bits per heavy atom. The molecule has 14 heavy (non-hydrogen) atoms. The van der Waals surface area contributed by atoms with Crippen molar-refractivity contribution in [3.05, 3.63) is 34.0 Å². The molecule has 0 aliphatic carbocycles. The van der Waals surface area contributed by atoms with E-state index in [0.29, 0.717) is 11.0 Å². The van der Waals surface area contributed by atoms with E-state index in [1.165, 1.54) is 12.1 Å². The first-order valence-electron chi connectivity index (χ1n) is 4.49. The van der Waals surface area contributed by atoms with E-state index in [2.05, 4.69) is 9.97 Å². The Morgan fingerprint density at radius 1 is 1.29 bits per heavy atom. The molecule has 0 aliphatic heterocycles. The number of imidazole rings is 1. The summed E-state index contributed by atoms with van der Waals surface area (Å²) in [6.07, 6.45) is 0. The number of rotatable bonds is 1. The fraction of sp³-hybridized carbons (Fsp3) is 0.300. The lowest BCUT2D eigenvalue weighted by molar-refractivity contribution is 0.625. The van der Waals surface area contributed by atoms with Gasteiger partial charge in [0.05, 0.1) is 11.0 Å². The van der Waals surface area contributed by atoms with E-state index in [0.717, 1.165) is 5.56 Å². The molecule has 0 radical (unpaired) electrons. The lowest BCUT2D eigenvalue weighted by Crippen LogP contribution is -1.99. The first kappa shape index (κ1) is 8.99. The Hall–Kier alpha value is -1.58. The smallest absolute Gasteiger partial charge is 0.306 e. The maximum Gasteiger partial charge on any atom is 0.323 e. The number of H-pyrrole nitrogens is 2. The molecule has 0 fully saturated rings. The minimum absolute atomic E-state index is 0.180. The van der Waals surface area contributed by atoms with Crippen LogP contribution in [0.3, 0.4) is 0 Å². The molecule has 74 valence electrons. The number of hydrogen-bond acceptors (Lipinski definition) is 1. The van der Waals surface area contributed by atoms with Crippen LogP contribution in [0.5, 0.6) is 0 Å². The molecule has 0 bridgehead atoms. The van der Waals surface area contributed by atoms with Crippen LogP contribution < -0.4 is 5.69 Å². The van der Waals surface area contributed by atoms with Crippen LogP contribution in [0.15, 0.2) is 16.9 Å². The van der Waals surface area contributed by atoms with Gasteiger partial charge in [-0.2, -0.15) is 0 Å². The summed E-state index contributed by atoms with van der Waals surface area (Å²) in [6.45, 7) is 3.92. The third-order valence-electron chi connectivity index (χ3n) is 2.24. The highest BCUT2D eigenvalue weighted by atomic mass is 19.1. The normalized spacial score (nSPS) is 11.4. The number of nitrogens with one attached hydrogen (secondary N) is 2. The van der Waals surface area contributed by atoms with Crippen LogP contribution >= 0.6 is 0 Å². The van der Waals surface area contributed by atoms with Gasteiger partial charge < -0.3 is 9.97 Å². The highest BCUT2D eigenvalue weighted by Gasteiger charge is 2.09. The quantitative estimate of drug-likeness (QED) is 0.717. The van der Waals surface area contributed by atoms with E-state index in [4.69, 9.17) is 0 Å². The van der Waals surface area contributed by atoms with Gasteiger partial charge in [0, 0.05) is 0 Å². The van der Waals surface area contributed by atoms with Gasteiger partial charge in [-0.05, 0) is 23.6 Å². The van der Waals surface area contributed by atoms with Crippen LogP contribution in [0.1, 0.15) is 25.3 Å². The second-order valence-electron chi connectivity index (χ2n) is 3.65. The molecular weight excluding hydrogens is 183 g/mol. The molecule has 2 rings (SSSR count). The molecule has 0 saturated heterocycles. The summed E-state index contributed by atoms with van der Waals surface area (Å²) >= 11 is 0. The molecule has 3 nitrogen and oxygen atoms in total. The molecule has 1 heterocycles. The van der Waals surface area contributed by atoms with Gasteiger partial charge in [0.15, 0.2) is 0 Å². The highest BCUT2D eigenvalue weighted by molar-refractivity contribution is 5.78. The Bertz CT molecular complexity index is 524. The van der Waals surface area contributed by atoms with Gasteiger partial charge in [0.1, 0.15) is 5.82 Å². The predicted molar refractivity (Wildman–Crippen MR) is 53.0 cm³/mol. The zero-order valence-corrected chi connectivity index (χ0v) is 8.02. The second-order valence-corrected chi connectivity index (χ2v) is 3.65. The summed E-state index contributed by atoms with van der Waals surface area (Å²) < 4.78 is 13.1. The molecule has 4 heteroatoms. The average Bonchev–Trinajstić information content (AvgIpc) is 2.42. The zero-order chi connectivity index (χ0) is 10.3. The van der Waals surface area contributed by atoms with Crippen LogP contribution in [0.4, 0.5) is 4.39 Å². The van der Waals surface area contributed by atoms with Gasteiger partial charge >= 0.3 is 5.69 Å². The Morgan fingerprint density at radius 3 is 2.64 bits per heavy atom. The number of fused-ring (bicyclic) bond motifs is 1. The van der Waals surface area contributed by atoms with Crippen molar-refractivity contribution >= 4 is 11.0 Å². The maximum atomic E-state index is 13.1. The summed E-state index contributed by atoms with van der Waals surface area (Å²) in [4.78, 5) is 16.2. The first-order chi connectivity index (χ1) is 6.58. The monoisotopic (exact) mass is 194 g/mol. The minimum atomic E-state index is -0.323. The summed E-state index contributed by atoms with van der Waals surface area (Å²) in [7, 11) is 0. The lowest BCUT2D eigenvalue weighted by Gasteiger charge is -2.06. The summed E-state index contributed by atoms with van der Waals surface area (Å²) in [5.41, 5.74) is 1.75. The van der Waals surface area contributed by atoms with Crippen LogP contribution in [0.25, 0.3) is 11.0 Å².